The van der Waals surface area contributed by atoms with E-state index < -0.39 is 6.61 Å². The van der Waals surface area contributed by atoms with Crippen molar-refractivity contribution in [2.75, 3.05) is 31.1 Å². The minimum Gasteiger partial charge on any atom is -0.433 e. The van der Waals surface area contributed by atoms with E-state index in [0.29, 0.717) is 31.2 Å². The molecule has 5 nitrogen and oxygen atoms in total. The van der Waals surface area contributed by atoms with Crippen LogP contribution >= 0.6 is 22.9 Å². The second kappa shape index (κ2) is 7.53. The van der Waals surface area contributed by atoms with Crippen molar-refractivity contribution >= 4 is 34.7 Å². The highest BCUT2D eigenvalue weighted by molar-refractivity contribution is 7.14. The molecule has 1 fully saturated rings. The SMILES string of the molecule is Cc1cc(OC(F)F)c(C(=O)N2CCN(c3ccc(Cl)cn3)CC2)s1. The number of anilines is 1. The third kappa shape index (κ3) is 4.19. The van der Waals surface area contributed by atoms with Crippen molar-refractivity contribution in [3.63, 3.8) is 0 Å². The van der Waals surface area contributed by atoms with Crippen molar-refractivity contribution in [2.45, 2.75) is 13.5 Å². The molecule has 1 aliphatic heterocycles. The number of amides is 1. The fraction of sp³-hybridized carbons (Fsp3) is 0.375. The van der Waals surface area contributed by atoms with E-state index in [-0.39, 0.29) is 16.5 Å². The van der Waals surface area contributed by atoms with Crippen molar-refractivity contribution in [3.05, 3.63) is 39.2 Å². The average Bonchev–Trinajstić information content (AvgIpc) is 2.94. The quantitative estimate of drug-likeness (QED) is 0.803. The first-order valence-electron chi connectivity index (χ1n) is 7.65. The maximum Gasteiger partial charge on any atom is 0.387 e. The van der Waals surface area contributed by atoms with Crippen LogP contribution in [0, 0.1) is 6.92 Å². The Bertz CT molecular complexity index is 746. The molecule has 134 valence electrons. The van der Waals surface area contributed by atoms with E-state index in [1.807, 2.05) is 6.07 Å². The molecule has 0 unspecified atom stereocenters. The number of piperazine rings is 1. The smallest absolute Gasteiger partial charge is 0.387 e. The van der Waals surface area contributed by atoms with E-state index in [1.54, 1.807) is 24.1 Å². The van der Waals surface area contributed by atoms with Crippen molar-refractivity contribution in [1.29, 1.82) is 0 Å². The number of halogens is 3. The first kappa shape index (κ1) is 17.9. The van der Waals surface area contributed by atoms with Crippen molar-refractivity contribution < 1.29 is 18.3 Å². The molecule has 9 heteroatoms. The molecule has 0 radical (unpaired) electrons. The zero-order valence-corrected chi connectivity index (χ0v) is 15.0. The molecule has 0 aliphatic carbocycles. The monoisotopic (exact) mass is 387 g/mol. The predicted octanol–water partition coefficient (Wildman–Crippen LogP) is 3.67. The number of rotatable bonds is 4. The van der Waals surface area contributed by atoms with Crippen LogP contribution in [-0.2, 0) is 0 Å². The normalized spacial score (nSPS) is 14.9. The van der Waals surface area contributed by atoms with Gasteiger partial charge in [-0.25, -0.2) is 4.98 Å². The number of ether oxygens (including phenoxy) is 1. The minimum absolute atomic E-state index is 0.0516. The maximum absolute atomic E-state index is 12.7. The molecule has 2 aromatic rings. The van der Waals surface area contributed by atoms with Gasteiger partial charge in [0.2, 0.25) is 0 Å². The summed E-state index contributed by atoms with van der Waals surface area (Å²) >= 11 is 7.00. The van der Waals surface area contributed by atoms with Crippen molar-refractivity contribution in [1.82, 2.24) is 9.88 Å². The van der Waals surface area contributed by atoms with Crippen LogP contribution in [0.1, 0.15) is 14.5 Å². The minimum atomic E-state index is -2.95. The number of nitrogens with zero attached hydrogens (tertiary/aromatic N) is 3. The number of alkyl halides is 2. The van der Waals surface area contributed by atoms with Gasteiger partial charge in [0.05, 0.1) is 5.02 Å². The van der Waals surface area contributed by atoms with E-state index in [1.165, 1.54) is 17.4 Å². The van der Waals surface area contributed by atoms with Gasteiger partial charge in [-0.3, -0.25) is 4.79 Å². The lowest BCUT2D eigenvalue weighted by Gasteiger charge is -2.35. The lowest BCUT2D eigenvalue weighted by molar-refractivity contribution is -0.0499. The van der Waals surface area contributed by atoms with Gasteiger partial charge in [0, 0.05) is 37.3 Å². The van der Waals surface area contributed by atoms with Crippen LogP contribution in [0.15, 0.2) is 24.4 Å². The van der Waals surface area contributed by atoms with Crippen LogP contribution < -0.4 is 9.64 Å². The number of aromatic nitrogens is 1. The number of hydrogen-bond donors (Lipinski definition) is 0. The largest absolute Gasteiger partial charge is 0.433 e. The second-order valence-corrected chi connectivity index (χ2v) is 7.24. The summed E-state index contributed by atoms with van der Waals surface area (Å²) in [4.78, 5) is 21.6. The van der Waals surface area contributed by atoms with Gasteiger partial charge in [-0.1, -0.05) is 11.6 Å². The van der Waals surface area contributed by atoms with E-state index in [4.69, 9.17) is 11.6 Å². The van der Waals surface area contributed by atoms with Crippen molar-refractivity contribution in [3.8, 4) is 5.75 Å². The van der Waals surface area contributed by atoms with Crippen LogP contribution in [0.2, 0.25) is 5.02 Å². The van der Waals surface area contributed by atoms with Crippen LogP contribution in [0.5, 0.6) is 5.75 Å². The highest BCUT2D eigenvalue weighted by Gasteiger charge is 2.27. The highest BCUT2D eigenvalue weighted by Crippen LogP contribution is 2.31. The molecule has 0 aromatic carbocycles. The van der Waals surface area contributed by atoms with E-state index in [0.717, 1.165) is 10.7 Å². The summed E-state index contributed by atoms with van der Waals surface area (Å²) in [6.07, 6.45) is 1.58. The van der Waals surface area contributed by atoms with Gasteiger partial charge >= 0.3 is 6.61 Å². The Morgan fingerprint density at radius 3 is 2.64 bits per heavy atom. The van der Waals surface area contributed by atoms with Gasteiger partial charge in [0.15, 0.2) is 0 Å². The molecule has 3 rings (SSSR count). The Morgan fingerprint density at radius 1 is 1.32 bits per heavy atom. The fourth-order valence-electron chi connectivity index (χ4n) is 2.66. The molecular weight excluding hydrogens is 372 g/mol. The standard InChI is InChI=1S/C16H16ClF2N3O2S/c1-10-8-12(24-16(18)19)14(25-10)15(23)22-6-4-21(5-7-22)13-3-2-11(17)9-20-13/h2-3,8-9,16H,4-7H2,1H3. The number of carbonyl (C=O) groups is 1. The van der Waals surface area contributed by atoms with Gasteiger partial charge in [-0.2, -0.15) is 8.78 Å². The Hall–Kier alpha value is -1.93. The molecule has 1 aliphatic rings. The Balaban J connectivity index is 1.66. The van der Waals surface area contributed by atoms with Crippen LogP contribution in [0.25, 0.3) is 0 Å². The zero-order chi connectivity index (χ0) is 18.0. The molecule has 0 atom stereocenters. The molecule has 3 heterocycles. The lowest BCUT2D eigenvalue weighted by atomic mass is 10.2. The first-order valence-corrected chi connectivity index (χ1v) is 8.84. The molecule has 0 spiro atoms. The number of carbonyl (C=O) groups excluding carboxylic acids is 1. The molecule has 1 amide bonds. The Morgan fingerprint density at radius 2 is 2.04 bits per heavy atom. The fourth-order valence-corrected chi connectivity index (χ4v) is 3.68. The molecule has 2 aromatic heterocycles. The predicted molar refractivity (Wildman–Crippen MR) is 93.1 cm³/mol. The summed E-state index contributed by atoms with van der Waals surface area (Å²) < 4.78 is 29.5. The maximum atomic E-state index is 12.7. The molecule has 0 saturated carbocycles. The van der Waals surface area contributed by atoms with Crippen molar-refractivity contribution in [2.24, 2.45) is 0 Å². The van der Waals surface area contributed by atoms with Crippen LogP contribution in [-0.4, -0.2) is 48.6 Å². The summed E-state index contributed by atoms with van der Waals surface area (Å²) in [5.74, 6) is 0.465. The summed E-state index contributed by atoms with van der Waals surface area (Å²) in [6, 6.07) is 5.07. The van der Waals surface area contributed by atoms with Crippen LogP contribution in [0.4, 0.5) is 14.6 Å². The summed E-state index contributed by atoms with van der Waals surface area (Å²) in [5.41, 5.74) is 0. The number of thiophene rings is 1. The topological polar surface area (TPSA) is 45.7 Å². The third-order valence-electron chi connectivity index (χ3n) is 3.83. The van der Waals surface area contributed by atoms with Gasteiger partial charge in [0.25, 0.3) is 5.91 Å². The summed E-state index contributed by atoms with van der Waals surface area (Å²) in [6.45, 7) is 0.978. The lowest BCUT2D eigenvalue weighted by Crippen LogP contribution is -2.49. The van der Waals surface area contributed by atoms with Gasteiger partial charge in [0.1, 0.15) is 16.4 Å². The number of aryl methyl sites for hydroxylation is 1. The van der Waals surface area contributed by atoms with Gasteiger partial charge in [-0.05, 0) is 25.1 Å². The number of pyridine rings is 1. The van der Waals surface area contributed by atoms with Gasteiger partial charge < -0.3 is 14.5 Å². The summed E-state index contributed by atoms with van der Waals surface area (Å²) in [5, 5.41) is 0.567. The zero-order valence-electron chi connectivity index (χ0n) is 13.4. The Labute approximate surface area is 152 Å². The highest BCUT2D eigenvalue weighted by atomic mass is 35.5. The Kier molecular flexibility index (Phi) is 5.39. The van der Waals surface area contributed by atoms with Crippen LogP contribution in [0.3, 0.4) is 0 Å². The van der Waals surface area contributed by atoms with E-state index >= 15 is 0 Å². The van der Waals surface area contributed by atoms with E-state index in [9.17, 15) is 13.6 Å². The molecular formula is C16H16ClF2N3O2S. The molecule has 1 saturated heterocycles. The third-order valence-corrected chi connectivity index (χ3v) is 5.08. The molecule has 0 bridgehead atoms. The molecule has 0 N–H and O–H groups in total. The molecule has 25 heavy (non-hydrogen) atoms. The average molecular weight is 388 g/mol. The first-order chi connectivity index (χ1) is 11.9. The number of hydrogen-bond acceptors (Lipinski definition) is 5. The second-order valence-electron chi connectivity index (χ2n) is 5.54. The van der Waals surface area contributed by atoms with E-state index in [2.05, 4.69) is 14.6 Å². The van der Waals surface area contributed by atoms with Gasteiger partial charge in [-0.15, -0.1) is 11.3 Å². The summed E-state index contributed by atoms with van der Waals surface area (Å²) in [7, 11) is 0.